The molecule has 5 rings (SSSR count). The Morgan fingerprint density at radius 1 is 1.26 bits per heavy atom. The van der Waals surface area contributed by atoms with Crippen LogP contribution in [-0.2, 0) is 16.6 Å². The molecular formula is C21H27N3O3. The van der Waals surface area contributed by atoms with E-state index in [1.165, 1.54) is 16.7 Å². The van der Waals surface area contributed by atoms with Gasteiger partial charge in [-0.2, -0.15) is 0 Å². The van der Waals surface area contributed by atoms with Crippen LogP contribution in [0.25, 0.3) is 0 Å². The Morgan fingerprint density at radius 3 is 2.78 bits per heavy atom. The number of aliphatic hydroxyl groups is 1. The van der Waals surface area contributed by atoms with Gasteiger partial charge >= 0.3 is 6.03 Å². The Labute approximate surface area is 159 Å². The molecule has 0 unspecified atom stereocenters. The number of piperidine rings is 1. The van der Waals surface area contributed by atoms with E-state index in [-0.39, 0.29) is 11.9 Å². The summed E-state index contributed by atoms with van der Waals surface area (Å²) in [5.74, 6) is -0.238. The Kier molecular flexibility index (Phi) is 3.39. The quantitative estimate of drug-likeness (QED) is 0.653. The predicted molar refractivity (Wildman–Crippen MR) is 100 cm³/mol. The Bertz CT molecular complexity index is 855. The average Bonchev–Trinajstić information content (AvgIpc) is 2.89. The fraction of sp³-hybridized carbons (Fsp3) is 0.619. The minimum absolute atomic E-state index is 0.0592. The lowest BCUT2D eigenvalue weighted by Crippen LogP contribution is -2.76. The highest BCUT2D eigenvalue weighted by molar-refractivity contribution is 6.07. The van der Waals surface area contributed by atoms with Gasteiger partial charge in [0.1, 0.15) is 5.54 Å². The molecule has 4 aliphatic rings. The monoisotopic (exact) mass is 369 g/mol. The number of hydrogen-bond acceptors (Lipinski definition) is 4. The molecule has 2 aliphatic carbocycles. The minimum atomic E-state index is -0.902. The smallest absolute Gasteiger partial charge is 0.322 e. The van der Waals surface area contributed by atoms with Gasteiger partial charge in [-0.1, -0.05) is 30.7 Å². The van der Waals surface area contributed by atoms with Gasteiger partial charge in [-0.15, -0.1) is 0 Å². The zero-order chi connectivity index (χ0) is 19.0. The number of carbonyl (C=O) groups is 2. The molecule has 6 nitrogen and oxygen atoms in total. The van der Waals surface area contributed by atoms with E-state index in [2.05, 4.69) is 47.6 Å². The topological polar surface area (TPSA) is 81.7 Å². The highest BCUT2D eigenvalue weighted by Gasteiger charge is 2.69. The lowest BCUT2D eigenvalue weighted by Gasteiger charge is -2.65. The fourth-order valence-electron chi connectivity index (χ4n) is 6.47. The molecule has 0 radical (unpaired) electrons. The number of imide groups is 1. The summed E-state index contributed by atoms with van der Waals surface area (Å²) in [6.45, 7) is 6.04. The van der Waals surface area contributed by atoms with Crippen molar-refractivity contribution in [3.8, 4) is 0 Å². The van der Waals surface area contributed by atoms with E-state index in [0.29, 0.717) is 19.3 Å². The molecule has 1 spiro atoms. The van der Waals surface area contributed by atoms with E-state index in [1.807, 2.05) is 0 Å². The first-order chi connectivity index (χ1) is 12.8. The molecule has 2 heterocycles. The molecule has 3 N–H and O–H groups in total. The zero-order valence-corrected chi connectivity index (χ0v) is 16.0. The Balaban J connectivity index is 1.71. The number of likely N-dealkylation sites (tertiary alicyclic amines) is 1. The van der Waals surface area contributed by atoms with Crippen LogP contribution in [0.3, 0.4) is 0 Å². The maximum Gasteiger partial charge on any atom is 0.322 e. The second-order valence-corrected chi connectivity index (χ2v) is 8.93. The lowest BCUT2D eigenvalue weighted by molar-refractivity contribution is -0.179. The number of benzene rings is 1. The Hall–Kier alpha value is -1.92. The first-order valence-corrected chi connectivity index (χ1v) is 10.0. The van der Waals surface area contributed by atoms with Crippen LogP contribution < -0.4 is 10.6 Å². The first-order valence-electron chi connectivity index (χ1n) is 10.0. The van der Waals surface area contributed by atoms with Crippen molar-refractivity contribution >= 4 is 11.9 Å². The van der Waals surface area contributed by atoms with Crippen LogP contribution in [0.5, 0.6) is 0 Å². The molecule has 3 fully saturated rings. The van der Waals surface area contributed by atoms with Crippen molar-refractivity contribution in [2.24, 2.45) is 0 Å². The van der Waals surface area contributed by atoms with Crippen molar-refractivity contribution in [3.05, 3.63) is 34.9 Å². The van der Waals surface area contributed by atoms with Gasteiger partial charge in [0.15, 0.2) is 0 Å². The molecule has 0 aromatic heterocycles. The SMILES string of the molecule is CCN1CC[C@]23C[C@]4(CC[C@@]2(O)[C@H]1Cc1ccc(C)cc13)NC(=O)NC4=O. The van der Waals surface area contributed by atoms with Crippen molar-refractivity contribution in [1.82, 2.24) is 15.5 Å². The third kappa shape index (κ3) is 2.03. The van der Waals surface area contributed by atoms with Gasteiger partial charge in [0.05, 0.1) is 5.60 Å². The molecule has 1 saturated carbocycles. The van der Waals surface area contributed by atoms with Gasteiger partial charge in [-0.3, -0.25) is 15.0 Å². The number of aryl methyl sites for hydroxylation is 1. The van der Waals surface area contributed by atoms with Gasteiger partial charge in [0, 0.05) is 11.5 Å². The number of nitrogens with one attached hydrogen (secondary N) is 2. The van der Waals surface area contributed by atoms with Gasteiger partial charge in [-0.25, -0.2) is 4.79 Å². The molecule has 144 valence electrons. The molecule has 3 amide bonds. The average molecular weight is 369 g/mol. The van der Waals surface area contributed by atoms with Crippen molar-refractivity contribution in [3.63, 3.8) is 0 Å². The molecule has 1 aromatic carbocycles. The van der Waals surface area contributed by atoms with Gasteiger partial charge in [-0.05, 0) is 63.2 Å². The van der Waals surface area contributed by atoms with Crippen LogP contribution in [0, 0.1) is 6.92 Å². The van der Waals surface area contributed by atoms with Crippen molar-refractivity contribution < 1.29 is 14.7 Å². The standard InChI is InChI=1S/C21H27N3O3/c1-3-24-9-8-19-12-20(17(25)22-18(26)23-20)6-7-21(19,27)16(24)11-14-5-4-13(2)10-15(14)19/h4-5,10,16,27H,3,6-9,11-12H2,1-2H3,(H2,22,23,25,26)/t16-,19-,20+,21-/m1/s1. The van der Waals surface area contributed by atoms with Crippen LogP contribution in [0.15, 0.2) is 18.2 Å². The summed E-state index contributed by atoms with van der Waals surface area (Å²) in [5, 5.41) is 17.5. The number of rotatable bonds is 1. The highest BCUT2D eigenvalue weighted by atomic mass is 16.3. The third-order valence-electron chi connectivity index (χ3n) is 7.80. The number of nitrogens with zero attached hydrogens (tertiary/aromatic N) is 1. The summed E-state index contributed by atoms with van der Waals surface area (Å²) >= 11 is 0. The summed E-state index contributed by atoms with van der Waals surface area (Å²) in [6, 6.07) is 6.17. The molecule has 1 aromatic rings. The minimum Gasteiger partial charge on any atom is -0.387 e. The molecular weight excluding hydrogens is 342 g/mol. The summed E-state index contributed by atoms with van der Waals surface area (Å²) in [7, 11) is 0. The number of likely N-dealkylation sites (N-methyl/N-ethyl adjacent to an activating group) is 1. The molecule has 2 saturated heterocycles. The maximum absolute atomic E-state index is 12.7. The molecule has 6 heteroatoms. The van der Waals surface area contributed by atoms with E-state index < -0.39 is 22.6 Å². The fourth-order valence-corrected chi connectivity index (χ4v) is 6.47. The van der Waals surface area contributed by atoms with Crippen molar-refractivity contribution in [2.75, 3.05) is 13.1 Å². The highest BCUT2D eigenvalue weighted by Crippen LogP contribution is 2.60. The molecule has 2 bridgehead atoms. The number of urea groups is 1. The summed E-state index contributed by atoms with van der Waals surface area (Å²) in [4.78, 5) is 27.0. The van der Waals surface area contributed by atoms with E-state index >= 15 is 0 Å². The molecule has 2 aliphatic heterocycles. The third-order valence-corrected chi connectivity index (χ3v) is 7.80. The van der Waals surface area contributed by atoms with E-state index in [4.69, 9.17) is 0 Å². The normalized spacial score (nSPS) is 40.3. The van der Waals surface area contributed by atoms with Crippen LogP contribution >= 0.6 is 0 Å². The number of hydrogen-bond donors (Lipinski definition) is 3. The van der Waals surface area contributed by atoms with E-state index in [9.17, 15) is 14.7 Å². The van der Waals surface area contributed by atoms with Crippen molar-refractivity contribution in [2.45, 2.75) is 68.5 Å². The van der Waals surface area contributed by atoms with E-state index in [1.54, 1.807) is 0 Å². The van der Waals surface area contributed by atoms with Crippen LogP contribution in [0.2, 0.25) is 0 Å². The summed E-state index contributed by atoms with van der Waals surface area (Å²) < 4.78 is 0. The van der Waals surface area contributed by atoms with Gasteiger partial charge in [0.25, 0.3) is 5.91 Å². The van der Waals surface area contributed by atoms with Crippen molar-refractivity contribution in [1.29, 1.82) is 0 Å². The number of carbonyl (C=O) groups excluding carboxylic acids is 2. The lowest BCUT2D eigenvalue weighted by atomic mass is 9.46. The second kappa shape index (κ2) is 5.32. The summed E-state index contributed by atoms with van der Waals surface area (Å²) in [5.41, 5.74) is 1.35. The molecule has 27 heavy (non-hydrogen) atoms. The largest absolute Gasteiger partial charge is 0.387 e. The number of amides is 3. The summed E-state index contributed by atoms with van der Waals surface area (Å²) in [6.07, 6.45) is 3.12. The second-order valence-electron chi connectivity index (χ2n) is 8.93. The van der Waals surface area contributed by atoms with Crippen LogP contribution in [0.4, 0.5) is 4.79 Å². The zero-order valence-electron chi connectivity index (χ0n) is 16.0. The molecule has 4 atom stereocenters. The first kappa shape index (κ1) is 17.2. The predicted octanol–water partition coefficient (Wildman–Crippen LogP) is 1.38. The Morgan fingerprint density at radius 2 is 2.07 bits per heavy atom. The van der Waals surface area contributed by atoms with E-state index in [0.717, 1.165) is 25.9 Å². The van der Waals surface area contributed by atoms with Gasteiger partial charge in [0.2, 0.25) is 0 Å². The van der Waals surface area contributed by atoms with Crippen LogP contribution in [-0.4, -0.2) is 52.2 Å². The maximum atomic E-state index is 12.7. The van der Waals surface area contributed by atoms with Crippen LogP contribution in [0.1, 0.15) is 49.3 Å². The number of fused-ring (bicyclic) bond motifs is 1. The van der Waals surface area contributed by atoms with Gasteiger partial charge < -0.3 is 10.4 Å².